The zero-order valence-electron chi connectivity index (χ0n) is 17.2. The number of nitrogens with two attached hydrogens (primary N) is 1. The van der Waals surface area contributed by atoms with Crippen molar-refractivity contribution < 1.29 is 27.5 Å². The van der Waals surface area contributed by atoms with Gasteiger partial charge >= 0.3 is 0 Å². The fourth-order valence-corrected chi connectivity index (χ4v) is 4.52. The van der Waals surface area contributed by atoms with Gasteiger partial charge in [0.05, 0.1) is 24.7 Å². The van der Waals surface area contributed by atoms with E-state index in [1.54, 1.807) is 30.3 Å². The van der Waals surface area contributed by atoms with Gasteiger partial charge in [0.2, 0.25) is 15.9 Å². The number of primary amides is 1. The van der Waals surface area contributed by atoms with Gasteiger partial charge in [-0.1, -0.05) is 18.2 Å². The molecule has 1 heterocycles. The molecule has 0 spiro atoms. The van der Waals surface area contributed by atoms with Gasteiger partial charge < -0.3 is 21.1 Å². The van der Waals surface area contributed by atoms with Gasteiger partial charge in [0, 0.05) is 30.8 Å². The Labute approximate surface area is 185 Å². The fraction of sp³-hybridized carbons (Fsp3) is 0.286. The molecule has 0 aromatic heterocycles. The molecule has 32 heavy (non-hydrogen) atoms. The highest BCUT2D eigenvalue weighted by Gasteiger charge is 2.26. The number of benzene rings is 2. The van der Waals surface area contributed by atoms with Gasteiger partial charge in [-0.2, -0.15) is 4.31 Å². The Morgan fingerprint density at radius 3 is 2.25 bits per heavy atom. The summed E-state index contributed by atoms with van der Waals surface area (Å²) in [4.78, 5) is 35.2. The molecule has 3 amide bonds. The van der Waals surface area contributed by atoms with E-state index in [2.05, 4.69) is 10.6 Å². The van der Waals surface area contributed by atoms with Crippen molar-refractivity contribution in [1.82, 2.24) is 14.9 Å². The van der Waals surface area contributed by atoms with E-state index in [0.717, 1.165) is 5.56 Å². The van der Waals surface area contributed by atoms with Crippen molar-refractivity contribution in [2.24, 2.45) is 5.73 Å². The predicted octanol–water partition coefficient (Wildman–Crippen LogP) is -0.147. The van der Waals surface area contributed by atoms with Crippen LogP contribution in [-0.2, 0) is 26.1 Å². The Hall–Kier alpha value is -3.28. The summed E-state index contributed by atoms with van der Waals surface area (Å²) < 4.78 is 32.1. The summed E-state index contributed by atoms with van der Waals surface area (Å²) in [6, 6.07) is 12.3. The number of ether oxygens (including phenoxy) is 1. The van der Waals surface area contributed by atoms with Crippen molar-refractivity contribution >= 4 is 27.7 Å². The van der Waals surface area contributed by atoms with Crippen LogP contribution in [0.15, 0.2) is 53.4 Å². The minimum absolute atomic E-state index is 0.0541. The number of amides is 3. The Balaban J connectivity index is 1.61. The highest BCUT2D eigenvalue weighted by molar-refractivity contribution is 7.89. The number of morpholine rings is 1. The molecule has 0 aliphatic carbocycles. The molecule has 3 rings (SSSR count). The van der Waals surface area contributed by atoms with Crippen molar-refractivity contribution in [3.63, 3.8) is 0 Å². The van der Waals surface area contributed by atoms with Crippen molar-refractivity contribution in [3.05, 3.63) is 65.2 Å². The molecular weight excluding hydrogens is 436 g/mol. The van der Waals surface area contributed by atoms with Crippen LogP contribution in [0.4, 0.5) is 0 Å². The second-order valence-electron chi connectivity index (χ2n) is 7.07. The summed E-state index contributed by atoms with van der Waals surface area (Å²) in [6.45, 7) is 1.15. The maximum atomic E-state index is 12.8. The lowest BCUT2D eigenvalue weighted by molar-refractivity contribution is -0.117. The molecule has 10 nitrogen and oxygen atoms in total. The van der Waals surface area contributed by atoms with Crippen molar-refractivity contribution in [2.45, 2.75) is 11.4 Å². The molecule has 0 bridgehead atoms. The number of hydrogen-bond acceptors (Lipinski definition) is 6. The first kappa shape index (κ1) is 23.4. The SMILES string of the molecule is NC(=O)CNC(=O)c1ccc(CNC(=O)c2cccc(S(=O)(=O)N3CCOCC3)c2)cc1. The molecule has 1 aliphatic rings. The number of carbonyl (C=O) groups excluding carboxylic acids is 3. The fourth-order valence-electron chi connectivity index (χ4n) is 3.06. The van der Waals surface area contributed by atoms with Crippen molar-refractivity contribution in [3.8, 4) is 0 Å². The van der Waals surface area contributed by atoms with E-state index in [4.69, 9.17) is 10.5 Å². The monoisotopic (exact) mass is 460 g/mol. The molecular formula is C21H24N4O6S. The van der Waals surface area contributed by atoms with E-state index in [0.29, 0.717) is 18.8 Å². The van der Waals surface area contributed by atoms with Gasteiger partial charge in [-0.3, -0.25) is 14.4 Å². The first-order valence-electron chi connectivity index (χ1n) is 9.89. The molecule has 0 atom stereocenters. The van der Waals surface area contributed by atoms with Crippen molar-refractivity contribution in [1.29, 1.82) is 0 Å². The van der Waals surface area contributed by atoms with Crippen LogP contribution in [0.5, 0.6) is 0 Å². The molecule has 0 saturated carbocycles. The molecule has 2 aromatic rings. The van der Waals surface area contributed by atoms with Crippen LogP contribution in [-0.4, -0.2) is 63.3 Å². The van der Waals surface area contributed by atoms with Crippen molar-refractivity contribution in [2.75, 3.05) is 32.8 Å². The quantitative estimate of drug-likeness (QED) is 0.499. The van der Waals surface area contributed by atoms with Crippen LogP contribution in [0.1, 0.15) is 26.3 Å². The number of nitrogens with one attached hydrogen (secondary N) is 2. The number of nitrogens with zero attached hydrogens (tertiary/aromatic N) is 1. The minimum atomic E-state index is -3.70. The maximum Gasteiger partial charge on any atom is 0.251 e. The lowest BCUT2D eigenvalue weighted by Gasteiger charge is -2.26. The Morgan fingerprint density at radius 1 is 0.938 bits per heavy atom. The van der Waals surface area contributed by atoms with Gasteiger partial charge in [-0.05, 0) is 35.9 Å². The number of hydrogen-bond donors (Lipinski definition) is 3. The first-order valence-corrected chi connectivity index (χ1v) is 11.3. The third-order valence-electron chi connectivity index (χ3n) is 4.80. The average molecular weight is 461 g/mol. The Morgan fingerprint density at radius 2 is 1.59 bits per heavy atom. The zero-order valence-corrected chi connectivity index (χ0v) is 18.1. The van der Waals surface area contributed by atoms with Gasteiger partial charge in [-0.25, -0.2) is 8.42 Å². The zero-order chi connectivity index (χ0) is 23.1. The highest BCUT2D eigenvalue weighted by Crippen LogP contribution is 2.18. The third kappa shape index (κ3) is 5.90. The number of rotatable bonds is 8. The molecule has 0 radical (unpaired) electrons. The largest absolute Gasteiger partial charge is 0.379 e. The molecule has 1 fully saturated rings. The molecule has 1 aliphatic heterocycles. The first-order chi connectivity index (χ1) is 15.3. The van der Waals surface area contributed by atoms with E-state index >= 15 is 0 Å². The van der Waals surface area contributed by atoms with Crippen LogP contribution in [0.2, 0.25) is 0 Å². The van der Waals surface area contributed by atoms with Gasteiger partial charge in [0.15, 0.2) is 0 Å². The van der Waals surface area contributed by atoms with Gasteiger partial charge in [-0.15, -0.1) is 0 Å². The highest BCUT2D eigenvalue weighted by atomic mass is 32.2. The molecule has 2 aromatic carbocycles. The molecule has 4 N–H and O–H groups in total. The van der Waals surface area contributed by atoms with E-state index in [9.17, 15) is 22.8 Å². The van der Waals surface area contributed by atoms with Crippen LogP contribution in [0.3, 0.4) is 0 Å². The molecule has 0 unspecified atom stereocenters. The lowest BCUT2D eigenvalue weighted by atomic mass is 10.1. The molecule has 170 valence electrons. The summed E-state index contributed by atoms with van der Waals surface area (Å²) in [5.74, 6) is -1.50. The second-order valence-corrected chi connectivity index (χ2v) is 9.01. The van der Waals surface area contributed by atoms with E-state index in [-0.39, 0.29) is 36.6 Å². The van der Waals surface area contributed by atoms with E-state index in [1.165, 1.54) is 22.5 Å². The standard InChI is InChI=1S/C21H24N4O6S/c22-19(26)14-24-20(27)16-6-4-15(5-7-16)13-23-21(28)17-2-1-3-18(12-17)32(29,30)25-8-10-31-11-9-25/h1-7,12H,8-11,13-14H2,(H2,22,26)(H,23,28)(H,24,27). The Bertz CT molecular complexity index is 1100. The van der Waals surface area contributed by atoms with Crippen LogP contribution < -0.4 is 16.4 Å². The summed E-state index contributed by atoms with van der Waals surface area (Å²) in [5.41, 5.74) is 6.31. The van der Waals surface area contributed by atoms with Gasteiger partial charge in [0.25, 0.3) is 11.8 Å². The summed E-state index contributed by atoms with van der Waals surface area (Å²) in [6.07, 6.45) is 0. The van der Waals surface area contributed by atoms with Gasteiger partial charge in [0.1, 0.15) is 0 Å². The van der Waals surface area contributed by atoms with E-state index < -0.39 is 27.7 Å². The minimum Gasteiger partial charge on any atom is -0.379 e. The number of sulfonamides is 1. The summed E-state index contributed by atoms with van der Waals surface area (Å²) >= 11 is 0. The molecule has 11 heteroatoms. The van der Waals surface area contributed by atoms with Crippen LogP contribution in [0, 0.1) is 0 Å². The average Bonchev–Trinajstić information content (AvgIpc) is 2.82. The summed E-state index contributed by atoms with van der Waals surface area (Å²) in [5, 5.41) is 5.12. The maximum absolute atomic E-state index is 12.8. The Kier molecular flexibility index (Phi) is 7.57. The lowest BCUT2D eigenvalue weighted by Crippen LogP contribution is -2.40. The topological polar surface area (TPSA) is 148 Å². The number of carbonyl (C=O) groups is 3. The van der Waals surface area contributed by atoms with Crippen LogP contribution >= 0.6 is 0 Å². The predicted molar refractivity (Wildman–Crippen MR) is 115 cm³/mol. The third-order valence-corrected chi connectivity index (χ3v) is 6.69. The second kappa shape index (κ2) is 10.4. The van der Waals surface area contributed by atoms with Crippen LogP contribution in [0.25, 0.3) is 0 Å². The molecule has 1 saturated heterocycles. The smallest absolute Gasteiger partial charge is 0.251 e. The normalized spacial score (nSPS) is 14.5. The summed E-state index contributed by atoms with van der Waals surface area (Å²) in [7, 11) is -3.70. The van der Waals surface area contributed by atoms with E-state index in [1.807, 2.05) is 0 Å².